The van der Waals surface area contributed by atoms with Crippen LogP contribution in [0.15, 0.2) is 18.3 Å². The quantitative estimate of drug-likeness (QED) is 0.774. The first-order chi connectivity index (χ1) is 7.88. The van der Waals surface area contributed by atoms with Gasteiger partial charge in [-0.3, -0.25) is 0 Å². The van der Waals surface area contributed by atoms with E-state index in [1.54, 1.807) is 12.3 Å². The molecule has 0 saturated carbocycles. The van der Waals surface area contributed by atoms with E-state index < -0.39 is 0 Å². The van der Waals surface area contributed by atoms with Gasteiger partial charge < -0.3 is 9.47 Å². The van der Waals surface area contributed by atoms with Gasteiger partial charge in [-0.05, 0) is 30.5 Å². The van der Waals surface area contributed by atoms with E-state index in [1.807, 2.05) is 12.1 Å². The Kier molecular flexibility index (Phi) is 3.86. The van der Waals surface area contributed by atoms with Gasteiger partial charge in [-0.25, -0.2) is 4.98 Å². The zero-order valence-electron chi connectivity index (χ0n) is 9.06. The van der Waals surface area contributed by atoms with Gasteiger partial charge in [-0.15, -0.1) is 0 Å². The highest BCUT2D eigenvalue weighted by atomic mass is 16.5. The Labute approximate surface area is 94.8 Å². The Hall–Kier alpha value is -1.44. The van der Waals surface area contributed by atoms with Gasteiger partial charge in [-0.2, -0.15) is 5.26 Å². The molecule has 2 rings (SSSR count). The minimum absolute atomic E-state index is 0.285. The summed E-state index contributed by atoms with van der Waals surface area (Å²) < 4.78 is 11.0. The summed E-state index contributed by atoms with van der Waals surface area (Å²) in [6, 6.07) is 5.66. The zero-order chi connectivity index (χ0) is 11.2. The summed E-state index contributed by atoms with van der Waals surface area (Å²) in [6.07, 6.45) is 3.83. The lowest BCUT2D eigenvalue weighted by Crippen LogP contribution is -2.23. The van der Waals surface area contributed by atoms with Crippen molar-refractivity contribution in [1.82, 2.24) is 4.98 Å². The van der Waals surface area contributed by atoms with Crippen molar-refractivity contribution in [3.63, 3.8) is 0 Å². The summed E-state index contributed by atoms with van der Waals surface area (Å²) >= 11 is 0. The van der Waals surface area contributed by atoms with Crippen molar-refractivity contribution in [2.75, 3.05) is 13.2 Å². The molecule has 4 heteroatoms. The first kappa shape index (κ1) is 11.1. The van der Waals surface area contributed by atoms with E-state index in [9.17, 15) is 0 Å². The number of nitrogens with zero attached hydrogens (tertiary/aromatic N) is 2. The summed E-state index contributed by atoms with van der Waals surface area (Å²) in [5.41, 5.74) is 1.44. The second kappa shape index (κ2) is 5.59. The van der Waals surface area contributed by atoms with Crippen LogP contribution in [-0.2, 0) is 16.1 Å². The van der Waals surface area contributed by atoms with Gasteiger partial charge >= 0.3 is 0 Å². The Morgan fingerprint density at radius 2 is 2.31 bits per heavy atom. The number of pyridine rings is 1. The molecule has 1 aromatic heterocycles. The van der Waals surface area contributed by atoms with Crippen LogP contribution in [0.25, 0.3) is 0 Å². The van der Waals surface area contributed by atoms with Crippen LogP contribution in [0.5, 0.6) is 0 Å². The van der Waals surface area contributed by atoms with Crippen molar-refractivity contribution >= 4 is 0 Å². The van der Waals surface area contributed by atoms with Crippen LogP contribution in [0.3, 0.4) is 0 Å². The molecular weight excluding hydrogens is 204 g/mol. The molecule has 2 heterocycles. The number of hydrogen-bond donors (Lipinski definition) is 0. The second-order valence-electron chi connectivity index (χ2n) is 3.78. The number of rotatable bonds is 3. The predicted octanol–water partition coefficient (Wildman–Crippen LogP) is 1.65. The van der Waals surface area contributed by atoms with E-state index in [4.69, 9.17) is 14.7 Å². The molecule has 0 aromatic carbocycles. The average Bonchev–Trinajstić information content (AvgIpc) is 2.38. The van der Waals surface area contributed by atoms with Gasteiger partial charge in [0.25, 0.3) is 0 Å². The van der Waals surface area contributed by atoms with E-state index in [2.05, 4.69) is 4.98 Å². The SMILES string of the molecule is N#Cc1cc(COC2CCOCC2)ccn1. The smallest absolute Gasteiger partial charge is 0.140 e. The van der Waals surface area contributed by atoms with Crippen LogP contribution in [0.2, 0.25) is 0 Å². The minimum atomic E-state index is 0.285. The van der Waals surface area contributed by atoms with Crippen molar-refractivity contribution in [2.45, 2.75) is 25.6 Å². The van der Waals surface area contributed by atoms with Gasteiger partial charge in [0.05, 0.1) is 12.7 Å². The van der Waals surface area contributed by atoms with Crippen molar-refractivity contribution in [3.8, 4) is 6.07 Å². The fourth-order valence-electron chi connectivity index (χ4n) is 1.68. The van der Waals surface area contributed by atoms with E-state index in [0.717, 1.165) is 31.6 Å². The standard InChI is InChI=1S/C12H14N2O2/c13-8-11-7-10(1-4-14-11)9-16-12-2-5-15-6-3-12/h1,4,7,12H,2-3,5-6,9H2. The van der Waals surface area contributed by atoms with Crippen LogP contribution < -0.4 is 0 Å². The van der Waals surface area contributed by atoms with Crippen LogP contribution >= 0.6 is 0 Å². The molecule has 1 aromatic rings. The Bertz CT molecular complexity index is 381. The second-order valence-corrected chi connectivity index (χ2v) is 3.78. The third-order valence-corrected chi connectivity index (χ3v) is 2.59. The molecule has 1 aliphatic heterocycles. The summed E-state index contributed by atoms with van der Waals surface area (Å²) in [4.78, 5) is 3.92. The molecule has 0 N–H and O–H groups in total. The summed E-state index contributed by atoms with van der Waals surface area (Å²) in [5.74, 6) is 0. The highest BCUT2D eigenvalue weighted by molar-refractivity contribution is 5.24. The first-order valence-electron chi connectivity index (χ1n) is 5.43. The number of ether oxygens (including phenoxy) is 2. The monoisotopic (exact) mass is 218 g/mol. The average molecular weight is 218 g/mol. The topological polar surface area (TPSA) is 55.1 Å². The van der Waals surface area contributed by atoms with E-state index in [1.165, 1.54) is 0 Å². The van der Waals surface area contributed by atoms with Gasteiger partial charge in [0.1, 0.15) is 11.8 Å². The van der Waals surface area contributed by atoms with Crippen LogP contribution in [0.1, 0.15) is 24.1 Å². The lowest BCUT2D eigenvalue weighted by molar-refractivity contribution is -0.0390. The molecule has 0 radical (unpaired) electrons. The molecule has 16 heavy (non-hydrogen) atoms. The van der Waals surface area contributed by atoms with E-state index in [-0.39, 0.29) is 6.10 Å². The van der Waals surface area contributed by atoms with Crippen molar-refractivity contribution < 1.29 is 9.47 Å². The van der Waals surface area contributed by atoms with Crippen molar-refractivity contribution in [2.24, 2.45) is 0 Å². The van der Waals surface area contributed by atoms with Gasteiger partial charge in [0.2, 0.25) is 0 Å². The van der Waals surface area contributed by atoms with Crippen molar-refractivity contribution in [3.05, 3.63) is 29.6 Å². The lowest BCUT2D eigenvalue weighted by atomic mass is 10.1. The molecule has 0 bridgehead atoms. The Morgan fingerprint density at radius 3 is 3.06 bits per heavy atom. The number of nitriles is 1. The third-order valence-electron chi connectivity index (χ3n) is 2.59. The molecule has 1 saturated heterocycles. The molecule has 1 aliphatic rings. The normalized spacial score (nSPS) is 16.9. The third kappa shape index (κ3) is 3.02. The fraction of sp³-hybridized carbons (Fsp3) is 0.500. The van der Waals surface area contributed by atoms with Crippen molar-refractivity contribution in [1.29, 1.82) is 5.26 Å². The maximum absolute atomic E-state index is 8.71. The molecule has 4 nitrogen and oxygen atoms in total. The molecule has 0 atom stereocenters. The van der Waals surface area contributed by atoms with Gasteiger partial charge in [-0.1, -0.05) is 0 Å². The maximum atomic E-state index is 8.71. The molecule has 0 spiro atoms. The van der Waals surface area contributed by atoms with Crippen LogP contribution in [0, 0.1) is 11.3 Å². The molecule has 0 amide bonds. The largest absolute Gasteiger partial charge is 0.381 e. The summed E-state index contributed by atoms with van der Waals surface area (Å²) in [7, 11) is 0. The Morgan fingerprint density at radius 1 is 1.50 bits per heavy atom. The minimum Gasteiger partial charge on any atom is -0.381 e. The number of aromatic nitrogens is 1. The Balaban J connectivity index is 1.86. The summed E-state index contributed by atoms with van der Waals surface area (Å²) in [5, 5.41) is 8.71. The molecule has 84 valence electrons. The summed E-state index contributed by atoms with van der Waals surface area (Å²) in [6.45, 7) is 2.11. The van der Waals surface area contributed by atoms with E-state index >= 15 is 0 Å². The highest BCUT2D eigenvalue weighted by Crippen LogP contribution is 2.13. The maximum Gasteiger partial charge on any atom is 0.140 e. The first-order valence-corrected chi connectivity index (χ1v) is 5.43. The lowest BCUT2D eigenvalue weighted by Gasteiger charge is -2.22. The van der Waals surface area contributed by atoms with Gasteiger partial charge in [0, 0.05) is 19.4 Å². The highest BCUT2D eigenvalue weighted by Gasteiger charge is 2.13. The van der Waals surface area contributed by atoms with Crippen LogP contribution in [-0.4, -0.2) is 24.3 Å². The zero-order valence-corrected chi connectivity index (χ0v) is 9.06. The number of hydrogen-bond acceptors (Lipinski definition) is 4. The van der Waals surface area contributed by atoms with Crippen LogP contribution in [0.4, 0.5) is 0 Å². The molecular formula is C12H14N2O2. The molecule has 1 fully saturated rings. The predicted molar refractivity (Wildman–Crippen MR) is 57.6 cm³/mol. The molecule has 0 aliphatic carbocycles. The fourth-order valence-corrected chi connectivity index (χ4v) is 1.68. The van der Waals surface area contributed by atoms with Gasteiger partial charge in [0.15, 0.2) is 0 Å². The van der Waals surface area contributed by atoms with E-state index in [0.29, 0.717) is 12.3 Å². The molecule has 0 unspecified atom stereocenters.